The lowest BCUT2D eigenvalue weighted by molar-refractivity contribution is -0.415. The summed E-state index contributed by atoms with van der Waals surface area (Å²) >= 11 is 0. The van der Waals surface area contributed by atoms with Crippen molar-refractivity contribution in [3.63, 3.8) is 0 Å². The Morgan fingerprint density at radius 3 is 1.82 bits per heavy atom. The summed E-state index contributed by atoms with van der Waals surface area (Å²) in [6.07, 6.45) is 1.96. The van der Waals surface area contributed by atoms with Crippen molar-refractivity contribution in [1.29, 1.82) is 0 Å². The first-order chi connectivity index (χ1) is 16.7. The molecule has 0 saturated heterocycles. The summed E-state index contributed by atoms with van der Waals surface area (Å²) < 4.78 is 7.16. The molecule has 0 radical (unpaired) electrons. The highest BCUT2D eigenvalue weighted by Gasteiger charge is 2.34. The number of methoxy groups -OCH3 is 1. The Hall–Kier alpha value is -4.44. The molecule has 0 aliphatic carbocycles. The normalized spacial score (nSPS) is 14.8. The second-order valence-electron chi connectivity index (χ2n) is 7.97. The van der Waals surface area contributed by atoms with Crippen molar-refractivity contribution in [2.75, 3.05) is 7.11 Å². The van der Waals surface area contributed by atoms with Crippen LogP contribution in [-0.2, 0) is 0 Å². The zero-order valence-corrected chi connectivity index (χ0v) is 18.9. The molecule has 0 aromatic heterocycles. The number of aliphatic hydroxyl groups is 1. The molecule has 1 N–H and O–H groups in total. The third kappa shape index (κ3) is 4.52. The van der Waals surface area contributed by atoms with E-state index in [1.54, 1.807) is 7.11 Å². The molecule has 0 saturated carbocycles. The molecule has 4 heteroatoms. The minimum absolute atomic E-state index is 0.112. The number of hydrogen-bond donors (Lipinski definition) is 1. The van der Waals surface area contributed by atoms with Gasteiger partial charge in [0.25, 0.3) is 0 Å². The van der Waals surface area contributed by atoms with Crippen molar-refractivity contribution in [2.45, 2.75) is 6.04 Å². The number of hydrogen-bond acceptors (Lipinski definition) is 3. The quantitative estimate of drug-likeness (QED) is 0.207. The average Bonchev–Trinajstić information content (AvgIpc) is 3.69. The van der Waals surface area contributed by atoms with E-state index in [0.29, 0.717) is 0 Å². The SMILES string of the molecule is COc1ccc(/[N+](=C\C2N=C2c2ccccc2)C(O)=C(c2ccccc2)c2ccccc2)cc1. The topological polar surface area (TPSA) is 44.8 Å². The third-order valence-electron chi connectivity index (χ3n) is 5.78. The number of rotatable bonds is 7. The van der Waals surface area contributed by atoms with Gasteiger partial charge in [0, 0.05) is 12.1 Å². The van der Waals surface area contributed by atoms with Gasteiger partial charge in [-0.05, 0) is 28.8 Å². The molecule has 4 nitrogen and oxygen atoms in total. The van der Waals surface area contributed by atoms with Crippen LogP contribution in [0, 0.1) is 0 Å². The lowest BCUT2D eigenvalue weighted by Gasteiger charge is -2.10. The highest BCUT2D eigenvalue weighted by Crippen LogP contribution is 2.30. The zero-order valence-electron chi connectivity index (χ0n) is 18.9. The fourth-order valence-corrected chi connectivity index (χ4v) is 3.99. The lowest BCUT2D eigenvalue weighted by atomic mass is 9.98. The molecule has 166 valence electrons. The van der Waals surface area contributed by atoms with Gasteiger partial charge in [0.2, 0.25) is 5.69 Å². The van der Waals surface area contributed by atoms with E-state index in [-0.39, 0.29) is 11.9 Å². The molecule has 1 heterocycles. The van der Waals surface area contributed by atoms with Crippen molar-refractivity contribution in [1.82, 2.24) is 0 Å². The summed E-state index contributed by atoms with van der Waals surface area (Å²) in [5.41, 5.74) is 5.52. The largest absolute Gasteiger partial charge is 0.497 e. The van der Waals surface area contributed by atoms with Crippen molar-refractivity contribution < 1.29 is 14.4 Å². The van der Waals surface area contributed by atoms with Crippen LogP contribution in [0.4, 0.5) is 5.69 Å². The molecular weight excluding hydrogens is 420 g/mol. The van der Waals surface area contributed by atoms with E-state index in [2.05, 4.69) is 17.1 Å². The van der Waals surface area contributed by atoms with Gasteiger partial charge in [-0.3, -0.25) is 4.99 Å². The second-order valence-corrected chi connectivity index (χ2v) is 7.97. The lowest BCUT2D eigenvalue weighted by Crippen LogP contribution is -2.15. The van der Waals surface area contributed by atoms with Crippen LogP contribution in [0.1, 0.15) is 16.7 Å². The van der Waals surface area contributed by atoms with Gasteiger partial charge in [-0.1, -0.05) is 91.0 Å². The predicted molar refractivity (Wildman–Crippen MR) is 137 cm³/mol. The molecule has 0 amide bonds. The first-order valence-corrected chi connectivity index (χ1v) is 11.2. The summed E-state index contributed by atoms with van der Waals surface area (Å²) in [6, 6.07) is 37.5. The standard InChI is InChI=1S/C30H24N2O2/c1-34-26-19-17-25(18-20-26)32(21-27-29(31-27)24-15-9-4-10-16-24)30(33)28(22-11-5-2-6-12-22)23-13-7-3-8-14-23/h2-21,27H,1H3/p+1/b32-21+. The molecule has 1 unspecified atom stereocenters. The fourth-order valence-electron chi connectivity index (χ4n) is 3.99. The van der Waals surface area contributed by atoms with Gasteiger partial charge < -0.3 is 9.84 Å². The van der Waals surface area contributed by atoms with Crippen LogP contribution in [-0.4, -0.2) is 34.8 Å². The number of aliphatic hydroxyl groups excluding tert-OH is 1. The van der Waals surface area contributed by atoms with Crippen molar-refractivity contribution in [3.05, 3.63) is 138 Å². The number of benzene rings is 4. The molecule has 34 heavy (non-hydrogen) atoms. The minimum atomic E-state index is -0.112. The molecule has 0 spiro atoms. The first kappa shape index (κ1) is 21.4. The smallest absolute Gasteiger partial charge is 0.379 e. The predicted octanol–water partition coefficient (Wildman–Crippen LogP) is 6.26. The van der Waals surface area contributed by atoms with Crippen LogP contribution in [0.5, 0.6) is 5.75 Å². The molecule has 4 aromatic rings. The van der Waals surface area contributed by atoms with Crippen LogP contribution < -0.4 is 4.74 Å². The highest BCUT2D eigenvalue weighted by atomic mass is 16.5. The maximum Gasteiger partial charge on any atom is 0.379 e. The van der Waals surface area contributed by atoms with Gasteiger partial charge in [-0.15, -0.1) is 4.58 Å². The summed E-state index contributed by atoms with van der Waals surface area (Å²) in [6.45, 7) is 0. The Labute approximate surface area is 199 Å². The fraction of sp³-hybridized carbons (Fsp3) is 0.0667. The molecule has 4 aromatic carbocycles. The van der Waals surface area contributed by atoms with E-state index in [9.17, 15) is 5.11 Å². The Kier molecular flexibility index (Phi) is 6.04. The van der Waals surface area contributed by atoms with Gasteiger partial charge in [-0.2, -0.15) is 0 Å². The Balaban J connectivity index is 1.64. The third-order valence-corrected chi connectivity index (χ3v) is 5.78. The van der Waals surface area contributed by atoms with Crippen LogP contribution in [0.2, 0.25) is 0 Å². The molecule has 1 atom stereocenters. The Morgan fingerprint density at radius 2 is 1.29 bits per heavy atom. The van der Waals surface area contributed by atoms with E-state index in [4.69, 9.17) is 4.74 Å². The highest BCUT2D eigenvalue weighted by molar-refractivity contribution is 6.21. The van der Waals surface area contributed by atoms with Gasteiger partial charge >= 0.3 is 5.88 Å². The second kappa shape index (κ2) is 9.59. The van der Waals surface area contributed by atoms with Crippen molar-refractivity contribution in [2.24, 2.45) is 4.99 Å². The van der Waals surface area contributed by atoms with Crippen LogP contribution in [0.3, 0.4) is 0 Å². The molecule has 0 fully saturated rings. The van der Waals surface area contributed by atoms with Crippen LogP contribution in [0.25, 0.3) is 5.57 Å². The summed E-state index contributed by atoms with van der Waals surface area (Å²) in [4.78, 5) is 4.67. The van der Waals surface area contributed by atoms with Crippen molar-refractivity contribution >= 4 is 23.2 Å². The molecule has 0 bridgehead atoms. The molecule has 1 aliphatic rings. The van der Waals surface area contributed by atoms with E-state index >= 15 is 0 Å². The van der Waals surface area contributed by atoms with E-state index in [0.717, 1.165) is 39.4 Å². The number of ether oxygens (including phenoxy) is 1. The first-order valence-electron chi connectivity index (χ1n) is 11.2. The Morgan fingerprint density at radius 1 is 0.765 bits per heavy atom. The Bertz CT molecular complexity index is 1320. The molecule has 1 aliphatic heterocycles. The summed E-state index contributed by atoms with van der Waals surface area (Å²) in [5, 5.41) is 11.8. The minimum Gasteiger partial charge on any atom is -0.497 e. The van der Waals surface area contributed by atoms with Crippen molar-refractivity contribution in [3.8, 4) is 5.75 Å². The van der Waals surface area contributed by atoms with Gasteiger partial charge in [0.15, 0.2) is 12.3 Å². The monoisotopic (exact) mass is 445 g/mol. The molecular formula is C30H25N2O2+. The number of aliphatic imine (C=N–C) groups is 1. The zero-order chi connectivity index (χ0) is 23.3. The van der Waals surface area contributed by atoms with Gasteiger partial charge in [0.05, 0.1) is 12.8 Å². The van der Waals surface area contributed by atoms with Gasteiger partial charge in [0.1, 0.15) is 11.3 Å². The number of nitrogens with zero attached hydrogens (tertiary/aromatic N) is 2. The maximum atomic E-state index is 11.8. The summed E-state index contributed by atoms with van der Waals surface area (Å²) in [7, 11) is 1.64. The van der Waals surface area contributed by atoms with Crippen LogP contribution in [0.15, 0.2) is 126 Å². The van der Waals surface area contributed by atoms with Crippen LogP contribution >= 0.6 is 0 Å². The van der Waals surface area contributed by atoms with Gasteiger partial charge in [-0.25, -0.2) is 0 Å². The van der Waals surface area contributed by atoms with E-state index < -0.39 is 0 Å². The average molecular weight is 446 g/mol. The maximum absolute atomic E-state index is 11.8. The van der Waals surface area contributed by atoms with E-state index in [1.165, 1.54) is 0 Å². The molecule has 5 rings (SSSR count). The summed E-state index contributed by atoms with van der Waals surface area (Å²) in [5.74, 6) is 0.892. The van der Waals surface area contributed by atoms with E-state index in [1.807, 2.05) is 114 Å².